The van der Waals surface area contributed by atoms with Crippen molar-refractivity contribution in [2.75, 3.05) is 31.1 Å². The molecule has 1 N–H and O–H groups in total. The first kappa shape index (κ1) is 16.0. The summed E-state index contributed by atoms with van der Waals surface area (Å²) in [4.78, 5) is 16.3. The molecule has 1 atom stereocenters. The third kappa shape index (κ3) is 4.53. The summed E-state index contributed by atoms with van der Waals surface area (Å²) < 4.78 is 0. The summed E-state index contributed by atoms with van der Waals surface area (Å²) in [7, 11) is 0. The Kier molecular flexibility index (Phi) is 5.74. The van der Waals surface area contributed by atoms with Gasteiger partial charge in [-0.2, -0.15) is 0 Å². The van der Waals surface area contributed by atoms with Crippen LogP contribution in [0.15, 0.2) is 24.3 Å². The van der Waals surface area contributed by atoms with E-state index in [1.165, 1.54) is 0 Å². The molecule has 1 aromatic carbocycles. The monoisotopic (exact) mass is 309 g/mol. The van der Waals surface area contributed by atoms with Crippen molar-refractivity contribution in [3.05, 3.63) is 29.3 Å². The molecule has 1 saturated heterocycles. The normalized spacial score (nSPS) is 16.7. The smallest absolute Gasteiger partial charge is 0.317 e. The summed E-state index contributed by atoms with van der Waals surface area (Å²) in [5, 5.41) is 3.81. The number of anilines is 1. The average Bonchev–Trinajstić information content (AvgIpc) is 2.47. The van der Waals surface area contributed by atoms with Crippen molar-refractivity contribution in [3.63, 3.8) is 0 Å². The molecule has 1 unspecified atom stereocenters. The van der Waals surface area contributed by atoms with Gasteiger partial charge in [0, 0.05) is 42.9 Å². The molecule has 2 rings (SSSR count). The van der Waals surface area contributed by atoms with E-state index >= 15 is 0 Å². The number of urea groups is 1. The van der Waals surface area contributed by atoms with Crippen LogP contribution < -0.4 is 10.2 Å². The summed E-state index contributed by atoms with van der Waals surface area (Å²) in [6, 6.07) is 8.17. The highest BCUT2D eigenvalue weighted by Gasteiger charge is 2.22. The van der Waals surface area contributed by atoms with E-state index in [0.717, 1.165) is 49.7 Å². The molecular formula is C16H24ClN3O. The van der Waals surface area contributed by atoms with Crippen LogP contribution in [0.1, 0.15) is 26.7 Å². The molecule has 4 nitrogen and oxygen atoms in total. The van der Waals surface area contributed by atoms with Crippen molar-refractivity contribution < 1.29 is 4.79 Å². The van der Waals surface area contributed by atoms with Crippen LogP contribution in [0.5, 0.6) is 0 Å². The highest BCUT2D eigenvalue weighted by atomic mass is 35.5. The van der Waals surface area contributed by atoms with E-state index < -0.39 is 0 Å². The van der Waals surface area contributed by atoms with Crippen molar-refractivity contribution in [1.82, 2.24) is 10.2 Å². The number of nitrogens with one attached hydrogen (secondary N) is 1. The zero-order chi connectivity index (χ0) is 15.2. The predicted octanol–water partition coefficient (Wildman–Crippen LogP) is 3.36. The first-order valence-electron chi connectivity index (χ1n) is 7.66. The fourth-order valence-electron chi connectivity index (χ4n) is 2.65. The molecule has 0 saturated carbocycles. The highest BCUT2D eigenvalue weighted by Crippen LogP contribution is 2.20. The first-order valence-corrected chi connectivity index (χ1v) is 8.04. The quantitative estimate of drug-likeness (QED) is 0.925. The molecule has 0 spiro atoms. The molecule has 5 heteroatoms. The number of benzene rings is 1. The Hall–Kier alpha value is -1.42. The van der Waals surface area contributed by atoms with Crippen molar-refractivity contribution >= 4 is 23.3 Å². The Morgan fingerprint density at radius 3 is 2.67 bits per heavy atom. The van der Waals surface area contributed by atoms with E-state index in [1.807, 2.05) is 23.1 Å². The Morgan fingerprint density at radius 2 is 2.05 bits per heavy atom. The summed E-state index contributed by atoms with van der Waals surface area (Å²) in [6.45, 7) is 7.37. The van der Waals surface area contributed by atoms with E-state index in [2.05, 4.69) is 30.1 Å². The fraction of sp³-hybridized carbons (Fsp3) is 0.562. The largest absolute Gasteiger partial charge is 0.368 e. The minimum absolute atomic E-state index is 0.0571. The van der Waals surface area contributed by atoms with Gasteiger partial charge in [-0.15, -0.1) is 0 Å². The van der Waals surface area contributed by atoms with Crippen LogP contribution in [0.2, 0.25) is 5.02 Å². The van der Waals surface area contributed by atoms with Crippen molar-refractivity contribution in [2.24, 2.45) is 0 Å². The van der Waals surface area contributed by atoms with Crippen LogP contribution in [0.4, 0.5) is 10.5 Å². The molecule has 116 valence electrons. The van der Waals surface area contributed by atoms with Crippen LogP contribution in [0, 0.1) is 0 Å². The van der Waals surface area contributed by atoms with E-state index in [-0.39, 0.29) is 12.1 Å². The molecule has 2 amide bonds. The molecule has 1 aliphatic rings. The molecule has 1 heterocycles. The van der Waals surface area contributed by atoms with Gasteiger partial charge in [0.2, 0.25) is 0 Å². The topological polar surface area (TPSA) is 35.6 Å². The van der Waals surface area contributed by atoms with Crippen molar-refractivity contribution in [1.29, 1.82) is 0 Å². The number of halogens is 1. The summed E-state index contributed by atoms with van der Waals surface area (Å²) in [6.07, 6.45) is 2.11. The number of hydrogen-bond donors (Lipinski definition) is 1. The van der Waals surface area contributed by atoms with E-state index in [9.17, 15) is 4.79 Å². The number of hydrogen-bond acceptors (Lipinski definition) is 2. The lowest BCUT2D eigenvalue weighted by Gasteiger charge is -2.36. The van der Waals surface area contributed by atoms with Crippen molar-refractivity contribution in [2.45, 2.75) is 32.7 Å². The summed E-state index contributed by atoms with van der Waals surface area (Å²) >= 11 is 6.03. The average molecular weight is 310 g/mol. The molecule has 0 radical (unpaired) electrons. The molecule has 1 fully saturated rings. The number of amides is 2. The minimum Gasteiger partial charge on any atom is -0.368 e. The molecule has 1 aromatic rings. The number of nitrogens with zero attached hydrogens (tertiary/aromatic N) is 2. The summed E-state index contributed by atoms with van der Waals surface area (Å²) in [5.41, 5.74) is 1.13. The third-order valence-corrected chi connectivity index (χ3v) is 4.07. The van der Waals surface area contributed by atoms with Crippen LogP contribution in [0.3, 0.4) is 0 Å². The number of carbonyl (C=O) groups excluding carboxylic acids is 1. The molecule has 21 heavy (non-hydrogen) atoms. The number of carbonyl (C=O) groups is 1. The maximum absolute atomic E-state index is 12.2. The van der Waals surface area contributed by atoms with Gasteiger partial charge in [-0.05, 0) is 31.5 Å². The number of rotatable bonds is 4. The van der Waals surface area contributed by atoms with E-state index in [4.69, 9.17) is 11.6 Å². The van der Waals surface area contributed by atoms with Gasteiger partial charge in [0.25, 0.3) is 0 Å². The molecule has 0 bridgehead atoms. The third-order valence-electron chi connectivity index (χ3n) is 3.83. The van der Waals surface area contributed by atoms with Gasteiger partial charge >= 0.3 is 6.03 Å². The van der Waals surface area contributed by atoms with Crippen LogP contribution in [-0.4, -0.2) is 43.2 Å². The van der Waals surface area contributed by atoms with Gasteiger partial charge in [0.1, 0.15) is 0 Å². The van der Waals surface area contributed by atoms with Crippen LogP contribution >= 0.6 is 11.6 Å². The standard InChI is InChI=1S/C16H24ClN3O/c1-3-5-13(2)18-16(21)20-10-8-19(9-11-20)15-7-4-6-14(17)12-15/h4,6-7,12-13H,3,5,8-11H2,1-2H3,(H,18,21). The predicted molar refractivity (Wildman–Crippen MR) is 88.1 cm³/mol. The SMILES string of the molecule is CCCC(C)NC(=O)N1CCN(c2cccc(Cl)c2)CC1. The maximum Gasteiger partial charge on any atom is 0.317 e. The molecule has 0 aliphatic carbocycles. The zero-order valence-electron chi connectivity index (χ0n) is 12.8. The van der Waals surface area contributed by atoms with Gasteiger partial charge in [-0.1, -0.05) is 31.0 Å². The second-order valence-electron chi connectivity index (χ2n) is 5.59. The lowest BCUT2D eigenvalue weighted by atomic mass is 10.2. The second kappa shape index (κ2) is 7.55. The minimum atomic E-state index is 0.0571. The lowest BCUT2D eigenvalue weighted by molar-refractivity contribution is 0.190. The second-order valence-corrected chi connectivity index (χ2v) is 6.03. The van der Waals surface area contributed by atoms with Gasteiger partial charge in [-0.25, -0.2) is 4.79 Å². The van der Waals surface area contributed by atoms with Crippen LogP contribution in [0.25, 0.3) is 0 Å². The Labute approximate surface area is 132 Å². The molecule has 0 aromatic heterocycles. The van der Waals surface area contributed by atoms with Gasteiger partial charge in [-0.3, -0.25) is 0 Å². The van der Waals surface area contributed by atoms with Crippen LogP contribution in [-0.2, 0) is 0 Å². The number of piperazine rings is 1. The highest BCUT2D eigenvalue weighted by molar-refractivity contribution is 6.30. The van der Waals surface area contributed by atoms with E-state index in [0.29, 0.717) is 0 Å². The van der Waals surface area contributed by atoms with Gasteiger partial charge in [0.05, 0.1) is 0 Å². The zero-order valence-corrected chi connectivity index (χ0v) is 13.6. The summed E-state index contributed by atoms with van der Waals surface area (Å²) in [5.74, 6) is 0. The Bertz CT molecular complexity index is 472. The molecule has 1 aliphatic heterocycles. The maximum atomic E-state index is 12.2. The van der Waals surface area contributed by atoms with Gasteiger partial charge < -0.3 is 15.1 Å². The molecular weight excluding hydrogens is 286 g/mol. The Morgan fingerprint density at radius 1 is 1.33 bits per heavy atom. The Balaban J connectivity index is 1.84. The van der Waals surface area contributed by atoms with E-state index in [1.54, 1.807) is 0 Å². The van der Waals surface area contributed by atoms with Crippen molar-refractivity contribution in [3.8, 4) is 0 Å². The fourth-order valence-corrected chi connectivity index (χ4v) is 2.83. The lowest BCUT2D eigenvalue weighted by Crippen LogP contribution is -2.53. The first-order chi connectivity index (χ1) is 10.1. The van der Waals surface area contributed by atoms with Gasteiger partial charge in [0.15, 0.2) is 0 Å².